The van der Waals surface area contributed by atoms with Crippen molar-refractivity contribution in [1.82, 2.24) is 24.4 Å². The second kappa shape index (κ2) is 5.46. The summed E-state index contributed by atoms with van der Waals surface area (Å²) in [4.78, 5) is 27.5. The molecule has 116 valence electrons. The zero-order chi connectivity index (χ0) is 15.8. The van der Waals surface area contributed by atoms with E-state index in [2.05, 4.69) is 19.5 Å². The van der Waals surface area contributed by atoms with Gasteiger partial charge in [-0.15, -0.1) is 0 Å². The molecular weight excluding hydrogens is 290 g/mol. The molecule has 4 heterocycles. The Morgan fingerprint density at radius 1 is 1.22 bits per heavy atom. The summed E-state index contributed by atoms with van der Waals surface area (Å²) >= 11 is 0. The summed E-state index contributed by atoms with van der Waals surface area (Å²) in [5.74, 6) is 1.01. The van der Waals surface area contributed by atoms with E-state index in [1.807, 2.05) is 24.0 Å². The fraction of sp³-hybridized carbons (Fsp3) is 0.294. The molecule has 0 N–H and O–H groups in total. The van der Waals surface area contributed by atoms with Gasteiger partial charge in [0.2, 0.25) is 0 Å². The van der Waals surface area contributed by atoms with Crippen LogP contribution in [0, 0.1) is 6.92 Å². The Bertz CT molecular complexity index is 858. The summed E-state index contributed by atoms with van der Waals surface area (Å²) in [7, 11) is 0. The Hall–Kier alpha value is -2.76. The van der Waals surface area contributed by atoms with Crippen molar-refractivity contribution in [2.24, 2.45) is 0 Å². The molecule has 0 radical (unpaired) electrons. The molecule has 0 aromatic carbocycles. The molecule has 3 aromatic rings. The number of fused-ring (bicyclic) bond motifs is 1. The number of aromatic nitrogens is 4. The third-order valence-electron chi connectivity index (χ3n) is 4.37. The van der Waals surface area contributed by atoms with E-state index in [0.29, 0.717) is 12.1 Å². The fourth-order valence-electron chi connectivity index (χ4n) is 3.29. The quantitative estimate of drug-likeness (QED) is 0.728. The van der Waals surface area contributed by atoms with Crippen LogP contribution in [0.25, 0.3) is 11.2 Å². The van der Waals surface area contributed by atoms with Crippen molar-refractivity contribution in [2.75, 3.05) is 13.1 Å². The maximum atomic E-state index is 12.6. The summed E-state index contributed by atoms with van der Waals surface area (Å²) in [6.45, 7) is 3.43. The monoisotopic (exact) mass is 307 g/mol. The minimum absolute atomic E-state index is 0.0601. The van der Waals surface area contributed by atoms with Crippen molar-refractivity contribution in [1.29, 1.82) is 0 Å². The molecule has 6 heteroatoms. The lowest BCUT2D eigenvalue weighted by atomic mass is 10.2. The summed E-state index contributed by atoms with van der Waals surface area (Å²) in [6.07, 6.45) is 6.00. The smallest absolute Gasteiger partial charge is 0.254 e. The molecule has 0 unspecified atom stereocenters. The predicted molar refractivity (Wildman–Crippen MR) is 86.1 cm³/mol. The van der Waals surface area contributed by atoms with Gasteiger partial charge in [0.15, 0.2) is 5.65 Å². The van der Waals surface area contributed by atoms with Crippen LogP contribution in [0.1, 0.15) is 28.6 Å². The molecule has 1 saturated heterocycles. The molecule has 0 aliphatic carbocycles. The van der Waals surface area contributed by atoms with Crippen LogP contribution in [0.4, 0.5) is 0 Å². The van der Waals surface area contributed by atoms with E-state index < -0.39 is 0 Å². The van der Waals surface area contributed by atoms with Gasteiger partial charge in [-0.2, -0.15) is 0 Å². The molecular formula is C17H17N5O. The molecule has 1 fully saturated rings. The van der Waals surface area contributed by atoms with Crippen molar-refractivity contribution in [3.63, 3.8) is 0 Å². The molecule has 0 bridgehead atoms. The lowest BCUT2D eigenvalue weighted by molar-refractivity contribution is 0.0787. The maximum absolute atomic E-state index is 12.6. The van der Waals surface area contributed by atoms with Crippen LogP contribution in [-0.2, 0) is 0 Å². The molecule has 1 aliphatic heterocycles. The zero-order valence-corrected chi connectivity index (χ0v) is 12.9. The van der Waals surface area contributed by atoms with Gasteiger partial charge in [0.05, 0.1) is 6.04 Å². The van der Waals surface area contributed by atoms with Gasteiger partial charge < -0.3 is 9.47 Å². The van der Waals surface area contributed by atoms with E-state index in [4.69, 9.17) is 0 Å². The average Bonchev–Trinajstić information content (AvgIpc) is 3.18. The third kappa shape index (κ3) is 2.36. The Kier molecular flexibility index (Phi) is 3.29. The van der Waals surface area contributed by atoms with Gasteiger partial charge in [0, 0.05) is 37.2 Å². The first kappa shape index (κ1) is 13.9. The number of carbonyl (C=O) groups excluding carboxylic acids is 1. The molecule has 23 heavy (non-hydrogen) atoms. The van der Waals surface area contributed by atoms with Gasteiger partial charge >= 0.3 is 0 Å². The van der Waals surface area contributed by atoms with Gasteiger partial charge in [0.25, 0.3) is 5.91 Å². The molecule has 4 rings (SSSR count). The SMILES string of the molecule is Cc1nc2cccnc2n1[C@@H]1CCN(C(=O)c2ccncc2)C1. The predicted octanol–water partition coefficient (Wildman–Crippen LogP) is 2.22. The number of pyridine rings is 2. The number of nitrogens with zero attached hydrogens (tertiary/aromatic N) is 5. The summed E-state index contributed by atoms with van der Waals surface area (Å²) in [5, 5.41) is 0. The van der Waals surface area contributed by atoms with Crippen molar-refractivity contribution < 1.29 is 4.79 Å². The number of aryl methyl sites for hydroxylation is 1. The van der Waals surface area contributed by atoms with E-state index in [1.54, 1.807) is 30.7 Å². The van der Waals surface area contributed by atoms with Gasteiger partial charge in [-0.25, -0.2) is 9.97 Å². The second-order valence-corrected chi connectivity index (χ2v) is 5.80. The third-order valence-corrected chi connectivity index (χ3v) is 4.37. The molecule has 6 nitrogen and oxygen atoms in total. The van der Waals surface area contributed by atoms with Crippen molar-refractivity contribution >= 4 is 17.1 Å². The van der Waals surface area contributed by atoms with Gasteiger partial charge in [0.1, 0.15) is 11.3 Å². The highest BCUT2D eigenvalue weighted by Gasteiger charge is 2.30. The van der Waals surface area contributed by atoms with E-state index >= 15 is 0 Å². The minimum atomic E-state index is 0.0601. The number of carbonyl (C=O) groups is 1. The van der Waals surface area contributed by atoms with Crippen LogP contribution in [-0.4, -0.2) is 43.4 Å². The Labute approximate surface area is 133 Å². The lowest BCUT2D eigenvalue weighted by Crippen LogP contribution is -2.29. The molecule has 1 amide bonds. The molecule has 0 saturated carbocycles. The second-order valence-electron chi connectivity index (χ2n) is 5.80. The van der Waals surface area contributed by atoms with E-state index in [1.165, 1.54) is 0 Å². The summed E-state index contributed by atoms with van der Waals surface area (Å²) in [5.41, 5.74) is 2.49. The van der Waals surface area contributed by atoms with Crippen LogP contribution in [0.2, 0.25) is 0 Å². The van der Waals surface area contributed by atoms with Crippen molar-refractivity contribution in [3.8, 4) is 0 Å². The lowest BCUT2D eigenvalue weighted by Gasteiger charge is -2.18. The first-order valence-corrected chi connectivity index (χ1v) is 7.73. The van der Waals surface area contributed by atoms with Gasteiger partial charge in [-0.05, 0) is 37.6 Å². The molecule has 1 aliphatic rings. The summed E-state index contributed by atoms with van der Waals surface area (Å²) < 4.78 is 2.16. The van der Waals surface area contributed by atoms with E-state index in [-0.39, 0.29) is 11.9 Å². The Balaban J connectivity index is 1.61. The zero-order valence-electron chi connectivity index (χ0n) is 12.9. The Morgan fingerprint density at radius 2 is 2.04 bits per heavy atom. The molecule has 0 spiro atoms. The number of amides is 1. The topological polar surface area (TPSA) is 63.9 Å². The highest BCUT2D eigenvalue weighted by Crippen LogP contribution is 2.27. The highest BCUT2D eigenvalue weighted by molar-refractivity contribution is 5.94. The van der Waals surface area contributed by atoms with Crippen LogP contribution < -0.4 is 0 Å². The maximum Gasteiger partial charge on any atom is 0.254 e. The first-order valence-electron chi connectivity index (χ1n) is 7.73. The van der Waals surface area contributed by atoms with Crippen LogP contribution in [0.5, 0.6) is 0 Å². The average molecular weight is 307 g/mol. The minimum Gasteiger partial charge on any atom is -0.336 e. The largest absolute Gasteiger partial charge is 0.336 e. The Morgan fingerprint density at radius 3 is 2.87 bits per heavy atom. The first-order chi connectivity index (χ1) is 11.2. The van der Waals surface area contributed by atoms with Crippen LogP contribution >= 0.6 is 0 Å². The van der Waals surface area contributed by atoms with Crippen molar-refractivity contribution in [2.45, 2.75) is 19.4 Å². The van der Waals surface area contributed by atoms with Crippen LogP contribution in [0.15, 0.2) is 42.9 Å². The standard InChI is InChI=1S/C17H17N5O/c1-12-20-15-3-2-7-19-16(15)22(12)14-6-10-21(11-14)17(23)13-4-8-18-9-5-13/h2-5,7-9,14H,6,10-11H2,1H3/t14-/m1/s1. The molecule has 3 aromatic heterocycles. The normalized spacial score (nSPS) is 17.8. The number of imidazole rings is 1. The molecule has 1 atom stereocenters. The number of likely N-dealkylation sites (tertiary alicyclic amines) is 1. The number of rotatable bonds is 2. The highest BCUT2D eigenvalue weighted by atomic mass is 16.2. The van der Waals surface area contributed by atoms with Gasteiger partial charge in [-0.1, -0.05) is 0 Å². The van der Waals surface area contributed by atoms with E-state index in [9.17, 15) is 4.79 Å². The number of hydrogen-bond donors (Lipinski definition) is 0. The fourth-order valence-corrected chi connectivity index (χ4v) is 3.29. The van der Waals surface area contributed by atoms with Gasteiger partial charge in [-0.3, -0.25) is 9.78 Å². The van der Waals surface area contributed by atoms with Crippen LogP contribution in [0.3, 0.4) is 0 Å². The van der Waals surface area contributed by atoms with Crippen molar-refractivity contribution in [3.05, 3.63) is 54.2 Å². The number of hydrogen-bond acceptors (Lipinski definition) is 4. The van der Waals surface area contributed by atoms with E-state index in [0.717, 1.165) is 30.0 Å². The summed E-state index contributed by atoms with van der Waals surface area (Å²) in [6, 6.07) is 7.61.